The molecule has 0 saturated heterocycles. The zero-order valence-electron chi connectivity index (χ0n) is 9.72. The van der Waals surface area contributed by atoms with Crippen molar-refractivity contribution in [2.45, 2.75) is 17.2 Å². The highest BCUT2D eigenvalue weighted by molar-refractivity contribution is 7.91. The van der Waals surface area contributed by atoms with E-state index in [2.05, 4.69) is 5.32 Å². The second-order valence-electron chi connectivity index (χ2n) is 3.93. The maximum Gasteiger partial charge on any atom is 0.252 e. The third kappa shape index (κ3) is 2.77. The standard InChI is InChI=1S/C11H16N2O2S2/c1-12-8-10-7-11(16-9-10)17(14,15)13-5-3-2-4-6-13/h2-3,7,9,12H,4-6,8H2,1H3. The molecular weight excluding hydrogens is 256 g/mol. The molecule has 0 bridgehead atoms. The molecule has 4 nitrogen and oxygen atoms in total. The second kappa shape index (κ2) is 5.30. The molecule has 1 N–H and O–H groups in total. The number of hydrogen-bond donors (Lipinski definition) is 1. The summed E-state index contributed by atoms with van der Waals surface area (Å²) in [6.07, 6.45) is 4.73. The van der Waals surface area contributed by atoms with Gasteiger partial charge < -0.3 is 5.32 Å². The van der Waals surface area contributed by atoms with Gasteiger partial charge in [-0.1, -0.05) is 12.2 Å². The van der Waals surface area contributed by atoms with Crippen LogP contribution in [0.2, 0.25) is 0 Å². The number of nitrogens with zero attached hydrogens (tertiary/aromatic N) is 1. The molecule has 0 aliphatic carbocycles. The number of rotatable bonds is 4. The minimum atomic E-state index is -3.29. The van der Waals surface area contributed by atoms with E-state index in [1.54, 1.807) is 6.07 Å². The first-order valence-corrected chi connectivity index (χ1v) is 7.83. The van der Waals surface area contributed by atoms with Crippen LogP contribution in [0.5, 0.6) is 0 Å². The maximum atomic E-state index is 12.3. The largest absolute Gasteiger partial charge is 0.316 e. The van der Waals surface area contributed by atoms with E-state index in [0.29, 0.717) is 23.8 Å². The van der Waals surface area contributed by atoms with Crippen LogP contribution in [0.1, 0.15) is 12.0 Å². The fraction of sp³-hybridized carbons (Fsp3) is 0.455. The second-order valence-corrected chi connectivity index (χ2v) is 7.00. The summed E-state index contributed by atoms with van der Waals surface area (Å²) in [5, 5.41) is 4.91. The summed E-state index contributed by atoms with van der Waals surface area (Å²) in [5.41, 5.74) is 1.02. The summed E-state index contributed by atoms with van der Waals surface area (Å²) in [6.45, 7) is 1.77. The van der Waals surface area contributed by atoms with Gasteiger partial charge in [0.25, 0.3) is 10.0 Å². The van der Waals surface area contributed by atoms with Gasteiger partial charge in [0.2, 0.25) is 0 Å². The molecule has 0 unspecified atom stereocenters. The highest BCUT2D eigenvalue weighted by Gasteiger charge is 2.25. The minimum absolute atomic E-state index is 0.443. The van der Waals surface area contributed by atoms with E-state index in [1.165, 1.54) is 15.6 Å². The van der Waals surface area contributed by atoms with E-state index in [1.807, 2.05) is 24.6 Å². The van der Waals surface area contributed by atoms with Crippen LogP contribution in [0.3, 0.4) is 0 Å². The lowest BCUT2D eigenvalue weighted by atomic mass is 10.3. The zero-order chi connectivity index (χ0) is 12.3. The monoisotopic (exact) mass is 272 g/mol. The highest BCUT2D eigenvalue weighted by Crippen LogP contribution is 2.24. The van der Waals surface area contributed by atoms with Gasteiger partial charge in [0.05, 0.1) is 0 Å². The average molecular weight is 272 g/mol. The van der Waals surface area contributed by atoms with Gasteiger partial charge in [0.1, 0.15) is 4.21 Å². The Morgan fingerprint density at radius 1 is 1.47 bits per heavy atom. The quantitative estimate of drug-likeness (QED) is 0.843. The number of nitrogens with one attached hydrogen (secondary N) is 1. The van der Waals surface area contributed by atoms with Gasteiger partial charge >= 0.3 is 0 Å². The Kier molecular flexibility index (Phi) is 3.98. The van der Waals surface area contributed by atoms with Crippen LogP contribution in [0, 0.1) is 0 Å². The van der Waals surface area contributed by atoms with Gasteiger partial charge in [0, 0.05) is 19.6 Å². The molecule has 94 valence electrons. The fourth-order valence-corrected chi connectivity index (χ4v) is 4.52. The number of sulfonamides is 1. The summed E-state index contributed by atoms with van der Waals surface area (Å²) < 4.78 is 26.5. The van der Waals surface area contributed by atoms with Crippen molar-refractivity contribution in [2.75, 3.05) is 20.1 Å². The van der Waals surface area contributed by atoms with Crippen molar-refractivity contribution < 1.29 is 8.42 Å². The highest BCUT2D eigenvalue weighted by atomic mass is 32.2. The first-order chi connectivity index (χ1) is 8.14. The Hall–Kier alpha value is -0.690. The molecule has 2 heterocycles. The Bertz CT molecular complexity index is 505. The maximum absolute atomic E-state index is 12.3. The van der Waals surface area contributed by atoms with Gasteiger partial charge in [-0.2, -0.15) is 4.31 Å². The van der Waals surface area contributed by atoms with Crippen LogP contribution in [0.25, 0.3) is 0 Å². The van der Waals surface area contributed by atoms with Crippen LogP contribution in [0.15, 0.2) is 27.8 Å². The summed E-state index contributed by atoms with van der Waals surface area (Å²) in [4.78, 5) is 0. The molecule has 1 aromatic heterocycles. The number of hydrogen-bond acceptors (Lipinski definition) is 4. The fourth-order valence-electron chi connectivity index (χ4n) is 1.75. The Balaban J connectivity index is 2.21. The summed E-state index contributed by atoms with van der Waals surface area (Å²) in [6, 6.07) is 1.76. The van der Waals surface area contributed by atoms with Crippen LogP contribution in [-0.4, -0.2) is 32.9 Å². The van der Waals surface area contributed by atoms with Crippen LogP contribution >= 0.6 is 11.3 Å². The van der Waals surface area contributed by atoms with E-state index in [9.17, 15) is 8.42 Å². The lowest BCUT2D eigenvalue weighted by Crippen LogP contribution is -2.33. The first-order valence-electron chi connectivity index (χ1n) is 5.52. The molecule has 6 heteroatoms. The molecule has 2 rings (SSSR count). The van der Waals surface area contributed by atoms with Gasteiger partial charge in [-0.15, -0.1) is 11.3 Å². The predicted molar refractivity (Wildman–Crippen MR) is 69.6 cm³/mol. The van der Waals surface area contributed by atoms with Crippen molar-refractivity contribution in [2.24, 2.45) is 0 Å². The minimum Gasteiger partial charge on any atom is -0.316 e. The molecule has 0 aromatic carbocycles. The van der Waals surface area contributed by atoms with Crippen molar-refractivity contribution in [3.63, 3.8) is 0 Å². The molecule has 1 aliphatic heterocycles. The normalized spacial score (nSPS) is 17.5. The van der Waals surface area contributed by atoms with E-state index >= 15 is 0 Å². The molecule has 0 saturated carbocycles. The smallest absolute Gasteiger partial charge is 0.252 e. The van der Waals surface area contributed by atoms with E-state index in [0.717, 1.165) is 12.0 Å². The van der Waals surface area contributed by atoms with E-state index in [-0.39, 0.29) is 0 Å². The Labute approximate surface area is 106 Å². The third-order valence-corrected chi connectivity index (χ3v) is 5.95. The molecule has 0 radical (unpaired) electrons. The van der Waals surface area contributed by atoms with E-state index in [4.69, 9.17) is 0 Å². The molecule has 1 aromatic rings. The van der Waals surface area contributed by atoms with Crippen molar-refractivity contribution in [1.82, 2.24) is 9.62 Å². The molecule has 0 amide bonds. The summed E-state index contributed by atoms with van der Waals surface area (Å²) in [5.74, 6) is 0. The molecular formula is C11H16N2O2S2. The summed E-state index contributed by atoms with van der Waals surface area (Å²) >= 11 is 1.30. The topological polar surface area (TPSA) is 49.4 Å². The van der Waals surface area contributed by atoms with Gasteiger partial charge in [0.15, 0.2) is 0 Å². The van der Waals surface area contributed by atoms with Crippen LogP contribution in [-0.2, 0) is 16.6 Å². The van der Waals surface area contributed by atoms with Crippen LogP contribution in [0.4, 0.5) is 0 Å². The molecule has 17 heavy (non-hydrogen) atoms. The Morgan fingerprint density at radius 2 is 2.29 bits per heavy atom. The van der Waals surface area contributed by atoms with Crippen molar-refractivity contribution in [3.05, 3.63) is 29.2 Å². The molecule has 1 aliphatic rings. The summed E-state index contributed by atoms with van der Waals surface area (Å²) in [7, 11) is -1.44. The van der Waals surface area contributed by atoms with E-state index < -0.39 is 10.0 Å². The third-order valence-electron chi connectivity index (χ3n) is 2.63. The van der Waals surface area contributed by atoms with Crippen molar-refractivity contribution in [1.29, 1.82) is 0 Å². The first kappa shape index (κ1) is 12.8. The van der Waals surface area contributed by atoms with Crippen molar-refractivity contribution in [3.8, 4) is 0 Å². The number of thiophene rings is 1. The zero-order valence-corrected chi connectivity index (χ0v) is 11.4. The lowest BCUT2D eigenvalue weighted by Gasteiger charge is -2.21. The van der Waals surface area contributed by atoms with Crippen LogP contribution < -0.4 is 5.32 Å². The van der Waals surface area contributed by atoms with Gasteiger partial charge in [-0.3, -0.25) is 0 Å². The SMILES string of the molecule is CNCc1csc(S(=O)(=O)N2CC=CCC2)c1. The van der Waals surface area contributed by atoms with Gasteiger partial charge in [-0.25, -0.2) is 8.42 Å². The molecule has 0 spiro atoms. The average Bonchev–Trinajstić information content (AvgIpc) is 2.80. The predicted octanol–water partition coefficient (Wildman–Crippen LogP) is 1.42. The molecule has 0 atom stereocenters. The lowest BCUT2D eigenvalue weighted by molar-refractivity contribution is 0.439. The van der Waals surface area contributed by atoms with Gasteiger partial charge in [-0.05, 0) is 30.5 Å². The Morgan fingerprint density at radius 3 is 2.94 bits per heavy atom. The molecule has 0 fully saturated rings. The van der Waals surface area contributed by atoms with Crippen molar-refractivity contribution >= 4 is 21.4 Å².